The Morgan fingerprint density at radius 2 is 2.00 bits per heavy atom. The van der Waals surface area contributed by atoms with E-state index in [1.54, 1.807) is 18.2 Å². The fraction of sp³-hybridized carbons (Fsp3) is 0.440. The second kappa shape index (κ2) is 10.8. The molecule has 3 aromatic rings. The lowest BCUT2D eigenvalue weighted by Gasteiger charge is -2.32. The average molecular weight is 500 g/mol. The maximum absolute atomic E-state index is 14.0. The molecule has 1 atom stereocenters. The molecule has 8 nitrogen and oxygen atoms in total. The van der Waals surface area contributed by atoms with Crippen molar-refractivity contribution in [3.63, 3.8) is 0 Å². The lowest BCUT2D eigenvalue weighted by atomic mass is 9.93. The molecule has 1 unspecified atom stereocenters. The summed E-state index contributed by atoms with van der Waals surface area (Å²) >= 11 is 5.82. The number of aromatic nitrogens is 4. The summed E-state index contributed by atoms with van der Waals surface area (Å²) in [7, 11) is 0. The minimum absolute atomic E-state index is 0.0905. The number of ether oxygens (including phenoxy) is 2. The summed E-state index contributed by atoms with van der Waals surface area (Å²) in [4.78, 5) is 18.4. The van der Waals surface area contributed by atoms with Crippen LogP contribution < -0.4 is 4.74 Å². The number of aldehydes is 1. The van der Waals surface area contributed by atoms with Crippen LogP contribution in [0.3, 0.4) is 0 Å². The van der Waals surface area contributed by atoms with E-state index < -0.39 is 5.82 Å². The smallest absolute Gasteiger partial charge is 0.213 e. The summed E-state index contributed by atoms with van der Waals surface area (Å²) in [6.45, 7) is 3.89. The third-order valence-corrected chi connectivity index (χ3v) is 6.88. The molecule has 2 saturated heterocycles. The molecule has 0 saturated carbocycles. The molecule has 1 aromatic carbocycles. The zero-order valence-electron chi connectivity index (χ0n) is 19.3. The minimum Gasteiger partial charge on any atom is -0.473 e. The van der Waals surface area contributed by atoms with Crippen molar-refractivity contribution in [1.82, 2.24) is 24.6 Å². The van der Waals surface area contributed by atoms with Gasteiger partial charge >= 0.3 is 0 Å². The van der Waals surface area contributed by atoms with Gasteiger partial charge in [0, 0.05) is 34.9 Å². The molecule has 35 heavy (non-hydrogen) atoms. The van der Waals surface area contributed by atoms with Crippen LogP contribution in [-0.4, -0.2) is 56.7 Å². The molecule has 0 bridgehead atoms. The predicted molar refractivity (Wildman–Crippen MR) is 127 cm³/mol. The number of benzene rings is 1. The molecule has 0 spiro atoms. The Hall–Kier alpha value is -2.88. The first-order valence-electron chi connectivity index (χ1n) is 11.8. The number of hydrogen-bond acceptors (Lipinski definition) is 7. The summed E-state index contributed by atoms with van der Waals surface area (Å²) < 4.78 is 27.2. The molecule has 10 heteroatoms. The molecule has 2 fully saturated rings. The van der Waals surface area contributed by atoms with Crippen LogP contribution in [0.4, 0.5) is 4.39 Å². The first-order chi connectivity index (χ1) is 17.1. The van der Waals surface area contributed by atoms with Crippen LogP contribution in [0.5, 0.6) is 5.88 Å². The van der Waals surface area contributed by atoms with E-state index in [0.717, 1.165) is 56.8 Å². The van der Waals surface area contributed by atoms with E-state index in [2.05, 4.69) is 20.1 Å². The summed E-state index contributed by atoms with van der Waals surface area (Å²) in [5.41, 5.74) is 1.41. The van der Waals surface area contributed by atoms with Crippen molar-refractivity contribution >= 4 is 17.9 Å². The summed E-state index contributed by atoms with van der Waals surface area (Å²) in [5.74, 6) is 1.55. The topological polar surface area (TPSA) is 82.4 Å². The number of hydrogen-bond donors (Lipinski definition) is 0. The maximum Gasteiger partial charge on any atom is 0.213 e. The second-order valence-electron chi connectivity index (χ2n) is 8.96. The predicted octanol–water partition coefficient (Wildman–Crippen LogP) is 4.03. The highest BCUT2D eigenvalue weighted by molar-refractivity contribution is 6.30. The Labute approximate surface area is 208 Å². The molecule has 0 aliphatic carbocycles. The van der Waals surface area contributed by atoms with Crippen LogP contribution in [0.15, 0.2) is 36.4 Å². The van der Waals surface area contributed by atoms with E-state index in [0.29, 0.717) is 41.3 Å². The lowest BCUT2D eigenvalue weighted by Crippen LogP contribution is -2.35. The highest BCUT2D eigenvalue weighted by atomic mass is 35.5. The van der Waals surface area contributed by atoms with E-state index in [-0.39, 0.29) is 12.7 Å². The molecular weight excluding hydrogens is 473 g/mol. The first kappa shape index (κ1) is 23.8. The number of rotatable bonds is 9. The van der Waals surface area contributed by atoms with Crippen LogP contribution in [-0.2, 0) is 24.4 Å². The van der Waals surface area contributed by atoms with Gasteiger partial charge in [-0.05, 0) is 50.6 Å². The van der Waals surface area contributed by atoms with E-state index in [1.807, 2.05) is 16.7 Å². The van der Waals surface area contributed by atoms with Gasteiger partial charge in [0.05, 0.1) is 19.2 Å². The monoisotopic (exact) mass is 499 g/mol. The molecule has 5 rings (SSSR count). The van der Waals surface area contributed by atoms with Crippen molar-refractivity contribution in [2.24, 2.45) is 0 Å². The Balaban J connectivity index is 1.16. The van der Waals surface area contributed by atoms with Gasteiger partial charge in [-0.25, -0.2) is 9.37 Å². The lowest BCUT2D eigenvalue weighted by molar-refractivity contribution is -0.0599. The largest absolute Gasteiger partial charge is 0.473 e. The number of carbonyl (C=O) groups is 1. The van der Waals surface area contributed by atoms with Crippen LogP contribution in [0.25, 0.3) is 0 Å². The second-order valence-corrected chi connectivity index (χ2v) is 9.40. The fourth-order valence-corrected chi connectivity index (χ4v) is 4.66. The van der Waals surface area contributed by atoms with Gasteiger partial charge in [0.25, 0.3) is 0 Å². The van der Waals surface area contributed by atoms with E-state index in [4.69, 9.17) is 21.1 Å². The normalized spacial score (nSPS) is 18.9. The number of halogens is 2. The minimum atomic E-state index is -0.391. The number of piperidine rings is 1. The van der Waals surface area contributed by atoms with Crippen molar-refractivity contribution < 1.29 is 18.7 Å². The number of nitrogens with zero attached hydrogens (tertiary/aromatic N) is 5. The molecule has 2 aromatic heterocycles. The standard InChI is InChI=1S/C25H27ClFN5O3/c26-19-5-4-18(21(27)12-19)16-35-25-3-1-2-22(28-25)17-6-9-31(10-7-17)14-23-29-30-24(15-33)32(23)13-20-8-11-34-20/h1-5,12,15,17,20H,6-11,13-14,16H2. The van der Waals surface area contributed by atoms with Crippen molar-refractivity contribution in [3.8, 4) is 5.88 Å². The molecule has 0 amide bonds. The van der Waals surface area contributed by atoms with E-state index >= 15 is 0 Å². The van der Waals surface area contributed by atoms with Gasteiger partial charge in [-0.1, -0.05) is 23.7 Å². The van der Waals surface area contributed by atoms with Crippen LogP contribution in [0.1, 0.15) is 52.9 Å². The third-order valence-electron chi connectivity index (χ3n) is 6.65. The van der Waals surface area contributed by atoms with Gasteiger partial charge < -0.3 is 14.0 Å². The van der Waals surface area contributed by atoms with Gasteiger partial charge in [0.15, 0.2) is 12.1 Å². The van der Waals surface area contributed by atoms with Gasteiger partial charge in [0.1, 0.15) is 18.2 Å². The van der Waals surface area contributed by atoms with Crippen LogP contribution in [0, 0.1) is 5.82 Å². The zero-order valence-corrected chi connectivity index (χ0v) is 20.0. The van der Waals surface area contributed by atoms with Crippen LogP contribution >= 0.6 is 11.6 Å². The summed E-state index contributed by atoms with van der Waals surface area (Å²) in [5, 5.41) is 8.66. The molecule has 2 aliphatic heterocycles. The van der Waals surface area contributed by atoms with Gasteiger partial charge in [-0.15, -0.1) is 10.2 Å². The first-order valence-corrected chi connectivity index (χ1v) is 12.2. The number of carbonyl (C=O) groups excluding carboxylic acids is 1. The van der Waals surface area contributed by atoms with Crippen molar-refractivity contribution in [2.45, 2.75) is 51.0 Å². The number of likely N-dealkylation sites (tertiary alicyclic amines) is 1. The maximum atomic E-state index is 14.0. The summed E-state index contributed by atoms with van der Waals surface area (Å²) in [6.07, 6.45) is 3.77. The highest BCUT2D eigenvalue weighted by Crippen LogP contribution is 2.29. The molecule has 184 valence electrons. The van der Waals surface area contributed by atoms with Crippen molar-refractivity contribution in [2.75, 3.05) is 19.7 Å². The fourth-order valence-electron chi connectivity index (χ4n) is 4.50. The highest BCUT2D eigenvalue weighted by Gasteiger charge is 2.26. The van der Waals surface area contributed by atoms with E-state index in [9.17, 15) is 9.18 Å². The average Bonchev–Trinajstić information content (AvgIpc) is 3.22. The van der Waals surface area contributed by atoms with Gasteiger partial charge in [-0.2, -0.15) is 0 Å². The Morgan fingerprint density at radius 1 is 1.17 bits per heavy atom. The summed E-state index contributed by atoms with van der Waals surface area (Å²) in [6, 6.07) is 10.3. The molecule has 0 radical (unpaired) electrons. The molecular formula is C25H27ClFN5O3. The number of pyridine rings is 1. The molecule has 4 heterocycles. The quantitative estimate of drug-likeness (QED) is 0.411. The Kier molecular flexibility index (Phi) is 7.36. The van der Waals surface area contributed by atoms with Gasteiger partial charge in [-0.3, -0.25) is 9.69 Å². The third kappa shape index (κ3) is 5.69. The van der Waals surface area contributed by atoms with Crippen LogP contribution in [0.2, 0.25) is 5.02 Å². The van der Waals surface area contributed by atoms with Crippen molar-refractivity contribution in [3.05, 3.63) is 70.1 Å². The zero-order chi connectivity index (χ0) is 24.2. The SMILES string of the molecule is O=Cc1nnc(CN2CCC(c3cccc(OCc4ccc(Cl)cc4F)n3)CC2)n1CC1CCO1. The van der Waals surface area contributed by atoms with Gasteiger partial charge in [0.2, 0.25) is 5.88 Å². The molecule has 0 N–H and O–H groups in total. The van der Waals surface area contributed by atoms with Crippen molar-refractivity contribution in [1.29, 1.82) is 0 Å². The Bertz CT molecular complexity index is 1180. The Morgan fingerprint density at radius 3 is 2.71 bits per heavy atom. The molecule has 2 aliphatic rings. The van der Waals surface area contributed by atoms with E-state index in [1.165, 1.54) is 6.07 Å².